The molecule has 0 aromatic carbocycles. The molecule has 3 fully saturated rings. The molecule has 2 heterocycles. The quantitative estimate of drug-likeness (QED) is 0.505. The fraction of sp³-hybridized carbons (Fsp3) is 0.792. The summed E-state index contributed by atoms with van der Waals surface area (Å²) in [5, 5.41) is 17.7. The molecule has 6 atom stereocenters. The second kappa shape index (κ2) is 9.43. The number of nitrogens with one attached hydrogen (secondary N) is 3. The number of hydrogen-bond acceptors (Lipinski definition) is 6. The van der Waals surface area contributed by atoms with E-state index in [1.165, 1.54) is 7.11 Å². The molecule has 10 nitrogen and oxygen atoms in total. The second-order valence-corrected chi connectivity index (χ2v) is 11.4. The van der Waals surface area contributed by atoms with E-state index in [4.69, 9.17) is 4.74 Å². The maximum absolute atomic E-state index is 13.6. The van der Waals surface area contributed by atoms with Crippen LogP contribution in [0.4, 0.5) is 4.79 Å². The molecule has 3 aliphatic rings. The van der Waals surface area contributed by atoms with Crippen molar-refractivity contribution in [3.63, 3.8) is 0 Å². The summed E-state index contributed by atoms with van der Waals surface area (Å²) in [5.41, 5.74) is -0.542. The number of likely N-dealkylation sites (tertiary alicyclic amines) is 1. The molecule has 0 bridgehead atoms. The van der Waals surface area contributed by atoms with Crippen LogP contribution >= 0.6 is 0 Å². The lowest BCUT2D eigenvalue weighted by molar-refractivity contribution is -0.139. The number of carbonyl (C=O) groups is 4. The molecule has 2 aliphatic heterocycles. The highest BCUT2D eigenvalue weighted by Gasteiger charge is 2.68. The Labute approximate surface area is 201 Å². The lowest BCUT2D eigenvalue weighted by Gasteiger charge is -2.37. The van der Waals surface area contributed by atoms with E-state index in [0.717, 1.165) is 0 Å². The first-order chi connectivity index (χ1) is 15.8. The average molecular weight is 476 g/mol. The summed E-state index contributed by atoms with van der Waals surface area (Å²) in [6.07, 6.45) is 0.311. The van der Waals surface area contributed by atoms with E-state index >= 15 is 0 Å². The molecule has 0 aromatic heterocycles. The van der Waals surface area contributed by atoms with Gasteiger partial charge in [0.25, 0.3) is 0 Å². The highest BCUT2D eigenvalue weighted by Crippen LogP contribution is 2.65. The zero-order chi connectivity index (χ0) is 25.4. The number of nitrogens with zero attached hydrogens (tertiary/aromatic N) is 2. The lowest BCUT2D eigenvalue weighted by Crippen LogP contribution is -2.57. The molecule has 3 N–H and O–H groups in total. The number of fused-ring (bicyclic) bond motifs is 1. The van der Waals surface area contributed by atoms with Crippen LogP contribution in [0.15, 0.2) is 0 Å². The lowest BCUT2D eigenvalue weighted by atomic mass is 9.85. The van der Waals surface area contributed by atoms with Crippen LogP contribution in [-0.4, -0.2) is 67.0 Å². The van der Waals surface area contributed by atoms with Gasteiger partial charge in [0.15, 0.2) is 0 Å². The van der Waals surface area contributed by atoms with Gasteiger partial charge in [-0.1, -0.05) is 34.6 Å². The van der Waals surface area contributed by atoms with Gasteiger partial charge in [-0.3, -0.25) is 14.4 Å². The third-order valence-corrected chi connectivity index (χ3v) is 7.76. The van der Waals surface area contributed by atoms with Gasteiger partial charge in [-0.05, 0) is 35.5 Å². The van der Waals surface area contributed by atoms with Crippen LogP contribution in [0.5, 0.6) is 0 Å². The monoisotopic (exact) mass is 475 g/mol. The van der Waals surface area contributed by atoms with Crippen LogP contribution in [0, 0.1) is 39.9 Å². The van der Waals surface area contributed by atoms with Crippen LogP contribution in [0.2, 0.25) is 0 Å². The largest absolute Gasteiger partial charge is 0.453 e. The number of ether oxygens (including phenoxy) is 1. The summed E-state index contributed by atoms with van der Waals surface area (Å²) in [6, 6.07) is 0.189. The maximum Gasteiger partial charge on any atom is 0.407 e. The predicted octanol–water partition coefficient (Wildman–Crippen LogP) is 1.16. The van der Waals surface area contributed by atoms with Crippen molar-refractivity contribution in [3.05, 3.63) is 0 Å². The number of piperidine rings is 1. The van der Waals surface area contributed by atoms with E-state index in [1.807, 2.05) is 20.8 Å². The topological polar surface area (TPSA) is 141 Å². The first-order valence-electron chi connectivity index (χ1n) is 11.9. The summed E-state index contributed by atoms with van der Waals surface area (Å²) < 4.78 is 4.72. The molecule has 0 radical (unpaired) electrons. The van der Waals surface area contributed by atoms with Gasteiger partial charge in [-0.25, -0.2) is 4.79 Å². The van der Waals surface area contributed by atoms with Crippen molar-refractivity contribution >= 4 is 23.8 Å². The molecule has 0 aromatic rings. The molecule has 4 amide bonds. The van der Waals surface area contributed by atoms with Crippen molar-refractivity contribution in [2.45, 2.75) is 72.0 Å². The molecule has 1 aliphatic carbocycles. The SMILES string of the molecule is COC(=O)N[C@H](C(=O)N1C[C@H]2[C@@H]([C@H]1CC(=O)N[C@H](C#N)C[C@@H]1CCNC1=O)C2(C)C)C(C)(C)C. The summed E-state index contributed by atoms with van der Waals surface area (Å²) in [6.45, 7) is 11.0. The molecule has 10 heteroatoms. The number of hydrogen-bond donors (Lipinski definition) is 3. The molecular weight excluding hydrogens is 438 g/mol. The first kappa shape index (κ1) is 25.8. The molecule has 2 saturated heterocycles. The van der Waals surface area contributed by atoms with Gasteiger partial charge in [0.1, 0.15) is 12.1 Å². The van der Waals surface area contributed by atoms with Crippen LogP contribution in [0.1, 0.15) is 53.9 Å². The number of methoxy groups -OCH3 is 1. The molecular formula is C24H37N5O5. The van der Waals surface area contributed by atoms with E-state index in [0.29, 0.717) is 19.5 Å². The third-order valence-electron chi connectivity index (χ3n) is 7.76. The average Bonchev–Trinajstić information content (AvgIpc) is 3.06. The van der Waals surface area contributed by atoms with E-state index in [-0.39, 0.29) is 59.8 Å². The van der Waals surface area contributed by atoms with Crippen molar-refractivity contribution < 1.29 is 23.9 Å². The highest BCUT2D eigenvalue weighted by atomic mass is 16.5. The normalized spacial score (nSPS) is 28.7. The Hall–Kier alpha value is -2.83. The number of rotatable bonds is 7. The van der Waals surface area contributed by atoms with Crippen LogP contribution in [0.3, 0.4) is 0 Å². The van der Waals surface area contributed by atoms with Crippen LogP contribution < -0.4 is 16.0 Å². The minimum atomic E-state index is -0.807. The maximum atomic E-state index is 13.6. The van der Waals surface area contributed by atoms with Crippen molar-refractivity contribution in [2.24, 2.45) is 28.6 Å². The summed E-state index contributed by atoms with van der Waals surface area (Å²) >= 11 is 0. The third kappa shape index (κ3) is 5.13. The van der Waals surface area contributed by atoms with Crippen LogP contribution in [-0.2, 0) is 19.1 Å². The zero-order valence-electron chi connectivity index (χ0n) is 20.9. The number of amides is 4. The molecule has 34 heavy (non-hydrogen) atoms. The second-order valence-electron chi connectivity index (χ2n) is 11.4. The van der Waals surface area contributed by atoms with E-state index in [9.17, 15) is 24.4 Å². The highest BCUT2D eigenvalue weighted by molar-refractivity contribution is 5.88. The Bertz CT molecular complexity index is 889. The number of carbonyl (C=O) groups excluding carboxylic acids is 4. The summed E-state index contributed by atoms with van der Waals surface area (Å²) in [5.74, 6) is -0.472. The van der Waals surface area contributed by atoms with Crippen molar-refractivity contribution in [1.82, 2.24) is 20.9 Å². The van der Waals surface area contributed by atoms with Gasteiger partial charge < -0.3 is 25.6 Å². The fourth-order valence-electron chi connectivity index (χ4n) is 5.66. The predicted molar refractivity (Wildman–Crippen MR) is 123 cm³/mol. The van der Waals surface area contributed by atoms with E-state index in [1.54, 1.807) is 4.90 Å². The van der Waals surface area contributed by atoms with Gasteiger partial charge in [0.05, 0.1) is 13.2 Å². The summed E-state index contributed by atoms with van der Waals surface area (Å²) in [7, 11) is 1.25. The Morgan fingerprint density at radius 3 is 2.50 bits per heavy atom. The van der Waals surface area contributed by atoms with Gasteiger partial charge in [-0.2, -0.15) is 5.26 Å². The van der Waals surface area contributed by atoms with Crippen molar-refractivity contribution in [1.29, 1.82) is 5.26 Å². The Morgan fingerprint density at radius 1 is 1.29 bits per heavy atom. The molecule has 0 spiro atoms. The van der Waals surface area contributed by atoms with E-state index in [2.05, 4.69) is 35.9 Å². The number of nitriles is 1. The van der Waals surface area contributed by atoms with E-state index < -0.39 is 23.6 Å². The van der Waals surface area contributed by atoms with Gasteiger partial charge in [0, 0.05) is 31.5 Å². The molecule has 0 unspecified atom stereocenters. The molecule has 1 saturated carbocycles. The number of alkyl carbamates (subject to hydrolysis) is 1. The Morgan fingerprint density at radius 2 is 1.97 bits per heavy atom. The van der Waals surface area contributed by atoms with Crippen molar-refractivity contribution in [3.8, 4) is 6.07 Å². The minimum absolute atomic E-state index is 0.0191. The van der Waals surface area contributed by atoms with Crippen LogP contribution in [0.25, 0.3) is 0 Å². The smallest absolute Gasteiger partial charge is 0.407 e. The fourth-order valence-corrected chi connectivity index (χ4v) is 5.66. The Kier molecular flexibility index (Phi) is 7.15. The van der Waals surface area contributed by atoms with Gasteiger partial charge >= 0.3 is 6.09 Å². The zero-order valence-corrected chi connectivity index (χ0v) is 20.9. The first-order valence-corrected chi connectivity index (χ1v) is 11.9. The van der Waals surface area contributed by atoms with Gasteiger partial charge in [0.2, 0.25) is 17.7 Å². The summed E-state index contributed by atoms with van der Waals surface area (Å²) in [4.78, 5) is 52.0. The molecule has 188 valence electrons. The minimum Gasteiger partial charge on any atom is -0.453 e. The molecule has 3 rings (SSSR count). The Balaban J connectivity index is 1.71. The standard InChI is InChI=1S/C24H37N5O5/c1-23(2,3)19(28-22(33)34-6)21(32)29-12-15-18(24(15,4)5)16(29)10-17(30)27-14(11-25)9-13-7-8-26-20(13)31/h13-16,18-19H,7-10,12H2,1-6H3,(H,26,31)(H,27,30)(H,28,33)/t13-,14-,15-,16+,18-,19+/m0/s1. The van der Waals surface area contributed by atoms with Gasteiger partial charge in [-0.15, -0.1) is 0 Å². The van der Waals surface area contributed by atoms with Crippen molar-refractivity contribution in [2.75, 3.05) is 20.2 Å².